The molecule has 0 unspecified atom stereocenters. The second-order valence-corrected chi connectivity index (χ2v) is 17.8. The van der Waals surface area contributed by atoms with Gasteiger partial charge >= 0.3 is 5.97 Å². The first kappa shape index (κ1) is 30.3. The Labute approximate surface area is 228 Å². The molecule has 9 heteroatoms. The lowest BCUT2D eigenvalue weighted by molar-refractivity contribution is -0.155. The smallest absolute Gasteiger partial charge is 0.307 e. The lowest BCUT2D eigenvalue weighted by atomic mass is 10.0. The number of benzene rings is 1. The second-order valence-electron chi connectivity index (χ2n) is 13.0. The third-order valence-electron chi connectivity index (χ3n) is 7.73. The molecule has 1 fully saturated rings. The monoisotopic (exact) mass is 545 g/mol. The Morgan fingerprint density at radius 3 is 2.39 bits per heavy atom. The van der Waals surface area contributed by atoms with Gasteiger partial charge in [0.25, 0.3) is 0 Å². The maximum Gasteiger partial charge on any atom is 0.307 e. The fraction of sp³-hybridized carbons (Fsp3) is 0.655. The SMILES string of the molecule is CC(C)(C)OC(=O)CCN1CCC(NC[C@@H](O[Si](C)(C)C(C)(C)C)c2ccc(O)c3[nH]c(=O)ccc23)CC1. The van der Waals surface area contributed by atoms with Gasteiger partial charge in [-0.1, -0.05) is 26.8 Å². The van der Waals surface area contributed by atoms with E-state index in [-0.39, 0.29) is 28.4 Å². The molecular formula is C29H47N3O5Si. The van der Waals surface area contributed by atoms with E-state index in [9.17, 15) is 14.7 Å². The molecule has 8 nitrogen and oxygen atoms in total. The van der Waals surface area contributed by atoms with Crippen LogP contribution in [0.2, 0.25) is 18.1 Å². The average Bonchev–Trinajstić information content (AvgIpc) is 2.80. The molecule has 0 spiro atoms. The molecule has 1 saturated heterocycles. The highest BCUT2D eigenvalue weighted by atomic mass is 28.4. The van der Waals surface area contributed by atoms with Crippen LogP contribution in [0.3, 0.4) is 0 Å². The number of likely N-dealkylation sites (tertiary alicyclic amines) is 1. The van der Waals surface area contributed by atoms with Crippen molar-refractivity contribution in [1.29, 1.82) is 0 Å². The van der Waals surface area contributed by atoms with Gasteiger partial charge in [0.2, 0.25) is 5.56 Å². The molecule has 1 aromatic carbocycles. The van der Waals surface area contributed by atoms with Crippen molar-refractivity contribution in [2.75, 3.05) is 26.2 Å². The minimum Gasteiger partial charge on any atom is -0.506 e. The minimum atomic E-state index is -2.13. The molecule has 1 atom stereocenters. The van der Waals surface area contributed by atoms with E-state index in [0.29, 0.717) is 24.5 Å². The highest BCUT2D eigenvalue weighted by Gasteiger charge is 2.40. The number of hydrogen-bond donors (Lipinski definition) is 3. The van der Waals surface area contributed by atoms with Crippen LogP contribution in [0.15, 0.2) is 29.1 Å². The number of pyridine rings is 1. The number of phenols is 1. The predicted molar refractivity (Wildman–Crippen MR) is 155 cm³/mol. The van der Waals surface area contributed by atoms with Gasteiger partial charge in [-0.2, -0.15) is 0 Å². The first-order chi connectivity index (χ1) is 17.6. The molecule has 1 aliphatic rings. The highest BCUT2D eigenvalue weighted by Crippen LogP contribution is 2.41. The van der Waals surface area contributed by atoms with Gasteiger partial charge in [-0.15, -0.1) is 0 Å². The number of H-pyrrole nitrogens is 1. The first-order valence-corrected chi connectivity index (χ1v) is 16.7. The van der Waals surface area contributed by atoms with Crippen LogP contribution >= 0.6 is 0 Å². The fourth-order valence-corrected chi connectivity index (χ4v) is 5.84. The van der Waals surface area contributed by atoms with Crippen LogP contribution in [-0.2, 0) is 14.0 Å². The molecule has 212 valence electrons. The maximum absolute atomic E-state index is 12.1. The summed E-state index contributed by atoms with van der Waals surface area (Å²) < 4.78 is 12.4. The Hall–Kier alpha value is -2.20. The van der Waals surface area contributed by atoms with Crippen LogP contribution in [-0.4, -0.2) is 67.1 Å². The normalized spacial score (nSPS) is 17.1. The van der Waals surface area contributed by atoms with E-state index in [2.05, 4.69) is 49.1 Å². The summed E-state index contributed by atoms with van der Waals surface area (Å²) in [5, 5.41) is 15.0. The molecule has 2 heterocycles. The van der Waals surface area contributed by atoms with Gasteiger partial charge in [0.05, 0.1) is 18.0 Å². The standard InChI is InChI=1S/C29H47N3O5Si/c1-28(2,3)36-26(35)15-18-32-16-13-20(14-17-32)30-19-24(37-38(7,8)29(4,5)6)21-9-11-23(33)27-22(21)10-12-25(34)31-27/h9-12,20,24,30,33H,13-19H2,1-8H3,(H,31,34)/t24-/m1/s1. The van der Waals surface area contributed by atoms with Gasteiger partial charge in [0.1, 0.15) is 11.4 Å². The van der Waals surface area contributed by atoms with Gasteiger partial charge in [-0.05, 0) is 82.5 Å². The van der Waals surface area contributed by atoms with E-state index >= 15 is 0 Å². The molecule has 2 aromatic rings. The third-order valence-corrected chi connectivity index (χ3v) is 12.2. The van der Waals surface area contributed by atoms with Crippen molar-refractivity contribution in [3.63, 3.8) is 0 Å². The number of esters is 1. The topological polar surface area (TPSA) is 104 Å². The molecule has 0 radical (unpaired) electrons. The van der Waals surface area contributed by atoms with Crippen molar-refractivity contribution < 1.29 is 19.1 Å². The number of rotatable bonds is 9. The van der Waals surface area contributed by atoms with Gasteiger partial charge in [0.15, 0.2) is 8.32 Å². The molecule has 0 saturated carbocycles. The number of carbonyl (C=O) groups is 1. The van der Waals surface area contributed by atoms with E-state index in [1.807, 2.05) is 26.8 Å². The van der Waals surface area contributed by atoms with Gasteiger partial charge in [-0.3, -0.25) is 9.59 Å². The molecular weight excluding hydrogens is 498 g/mol. The Balaban J connectivity index is 1.69. The van der Waals surface area contributed by atoms with E-state index in [4.69, 9.17) is 9.16 Å². The summed E-state index contributed by atoms with van der Waals surface area (Å²) in [6.07, 6.45) is 2.17. The summed E-state index contributed by atoms with van der Waals surface area (Å²) in [6, 6.07) is 7.17. The summed E-state index contributed by atoms with van der Waals surface area (Å²) in [5.41, 5.74) is 0.705. The molecule has 38 heavy (non-hydrogen) atoms. The molecule has 0 bridgehead atoms. The highest BCUT2D eigenvalue weighted by molar-refractivity contribution is 6.74. The summed E-state index contributed by atoms with van der Waals surface area (Å²) >= 11 is 0. The van der Waals surface area contributed by atoms with Crippen LogP contribution < -0.4 is 10.9 Å². The number of aromatic amines is 1. The van der Waals surface area contributed by atoms with Crippen molar-refractivity contribution in [2.45, 2.75) is 96.7 Å². The summed E-state index contributed by atoms with van der Waals surface area (Å²) in [4.78, 5) is 29.1. The van der Waals surface area contributed by atoms with Crippen molar-refractivity contribution in [2.24, 2.45) is 0 Å². The zero-order chi connectivity index (χ0) is 28.3. The maximum atomic E-state index is 12.1. The Bertz CT molecular complexity index is 1160. The lowest BCUT2D eigenvalue weighted by Crippen LogP contribution is -2.47. The predicted octanol–water partition coefficient (Wildman–Crippen LogP) is 5.08. The van der Waals surface area contributed by atoms with Crippen LogP contribution in [0.4, 0.5) is 0 Å². The number of aromatic hydroxyl groups is 1. The summed E-state index contributed by atoms with van der Waals surface area (Å²) in [7, 11) is -2.13. The van der Waals surface area contributed by atoms with E-state index in [0.717, 1.165) is 43.4 Å². The zero-order valence-corrected chi connectivity index (χ0v) is 25.4. The number of hydrogen-bond acceptors (Lipinski definition) is 7. The van der Waals surface area contributed by atoms with Crippen LogP contribution in [0.1, 0.15) is 72.5 Å². The Kier molecular flexibility index (Phi) is 9.50. The quantitative estimate of drug-likeness (QED) is 0.298. The number of carbonyl (C=O) groups excluding carboxylic acids is 1. The van der Waals surface area contributed by atoms with Crippen molar-refractivity contribution >= 4 is 25.2 Å². The molecule has 3 N–H and O–H groups in total. The number of ether oxygens (including phenoxy) is 1. The number of piperidine rings is 1. The van der Waals surface area contributed by atoms with Crippen LogP contribution in [0, 0.1) is 0 Å². The number of phenolic OH excluding ortho intramolecular Hbond substituents is 1. The van der Waals surface area contributed by atoms with Crippen molar-refractivity contribution in [1.82, 2.24) is 15.2 Å². The van der Waals surface area contributed by atoms with Crippen molar-refractivity contribution in [3.05, 3.63) is 40.2 Å². The number of nitrogens with zero attached hydrogens (tertiary/aromatic N) is 1. The van der Waals surface area contributed by atoms with E-state index in [1.54, 1.807) is 12.1 Å². The average molecular weight is 546 g/mol. The molecule has 0 aliphatic carbocycles. The molecule has 0 amide bonds. The van der Waals surface area contributed by atoms with Crippen molar-refractivity contribution in [3.8, 4) is 5.75 Å². The van der Waals surface area contributed by atoms with Gasteiger partial charge in [0, 0.05) is 30.6 Å². The molecule has 1 aliphatic heterocycles. The second kappa shape index (κ2) is 11.9. The van der Waals surface area contributed by atoms with Crippen LogP contribution in [0.5, 0.6) is 5.75 Å². The largest absolute Gasteiger partial charge is 0.506 e. The lowest BCUT2D eigenvalue weighted by Gasteiger charge is -2.40. The Morgan fingerprint density at radius 2 is 1.79 bits per heavy atom. The first-order valence-electron chi connectivity index (χ1n) is 13.8. The Morgan fingerprint density at radius 1 is 1.13 bits per heavy atom. The van der Waals surface area contributed by atoms with Gasteiger partial charge < -0.3 is 29.5 Å². The number of aromatic nitrogens is 1. The summed E-state index contributed by atoms with van der Waals surface area (Å²) in [6.45, 7) is 20.1. The molecule has 1 aromatic heterocycles. The van der Waals surface area contributed by atoms with Gasteiger partial charge in [-0.25, -0.2) is 0 Å². The molecule has 3 rings (SSSR count). The summed E-state index contributed by atoms with van der Waals surface area (Å²) in [5.74, 6) is -0.0925. The van der Waals surface area contributed by atoms with Crippen LogP contribution in [0.25, 0.3) is 10.9 Å². The fourth-order valence-electron chi connectivity index (χ4n) is 4.56. The third kappa shape index (κ3) is 8.15. The zero-order valence-electron chi connectivity index (χ0n) is 24.4. The number of nitrogens with one attached hydrogen (secondary N) is 2. The van der Waals surface area contributed by atoms with E-state index in [1.165, 1.54) is 6.07 Å². The minimum absolute atomic E-state index is 0.0335. The van der Waals surface area contributed by atoms with E-state index < -0.39 is 13.9 Å². The number of fused-ring (bicyclic) bond motifs is 1.